The van der Waals surface area contributed by atoms with Crippen molar-refractivity contribution in [2.24, 2.45) is 0 Å². The highest BCUT2D eigenvalue weighted by Gasteiger charge is 2.25. The van der Waals surface area contributed by atoms with Gasteiger partial charge in [0.25, 0.3) is 0 Å². The summed E-state index contributed by atoms with van der Waals surface area (Å²) in [5.74, 6) is 1.55. The summed E-state index contributed by atoms with van der Waals surface area (Å²) in [6, 6.07) is 4.13. The molecule has 2 atom stereocenters. The first-order valence-electron chi connectivity index (χ1n) is 8.21. The summed E-state index contributed by atoms with van der Waals surface area (Å²) in [5.41, 5.74) is 2.37. The van der Waals surface area contributed by atoms with Crippen LogP contribution in [0.1, 0.15) is 31.9 Å². The molecule has 0 fully saturated rings. The minimum Gasteiger partial charge on any atom is -0.493 e. The molecule has 2 rings (SSSR count). The molecule has 130 valence electrons. The van der Waals surface area contributed by atoms with E-state index in [1.54, 1.807) is 14.2 Å². The summed E-state index contributed by atoms with van der Waals surface area (Å²) < 4.78 is 16.4. The molecule has 23 heavy (non-hydrogen) atoms. The lowest BCUT2D eigenvalue weighted by atomic mass is 9.98. The van der Waals surface area contributed by atoms with E-state index in [0.29, 0.717) is 13.2 Å². The number of hydrogen-bond donors (Lipinski definition) is 2. The Balaban J connectivity index is 1.97. The highest BCUT2D eigenvalue weighted by molar-refractivity contribution is 5.47. The van der Waals surface area contributed by atoms with Crippen LogP contribution in [0.3, 0.4) is 0 Å². The second kappa shape index (κ2) is 7.51. The van der Waals surface area contributed by atoms with E-state index >= 15 is 0 Å². The molecule has 0 aliphatic carbocycles. The van der Waals surface area contributed by atoms with Gasteiger partial charge in [-0.3, -0.25) is 0 Å². The van der Waals surface area contributed by atoms with Crippen LogP contribution in [-0.4, -0.2) is 50.7 Å². The van der Waals surface area contributed by atoms with Gasteiger partial charge in [-0.2, -0.15) is 0 Å². The molecular weight excluding hydrogens is 294 g/mol. The summed E-state index contributed by atoms with van der Waals surface area (Å²) in [6.07, 6.45) is 0.545. The van der Waals surface area contributed by atoms with E-state index in [4.69, 9.17) is 14.2 Å². The van der Waals surface area contributed by atoms with E-state index in [1.165, 1.54) is 16.0 Å². The van der Waals surface area contributed by atoms with Crippen LogP contribution in [0.25, 0.3) is 0 Å². The first kappa shape index (κ1) is 18.0. The van der Waals surface area contributed by atoms with Crippen molar-refractivity contribution in [1.82, 2.24) is 0 Å². The van der Waals surface area contributed by atoms with Crippen molar-refractivity contribution in [2.45, 2.75) is 45.4 Å². The Morgan fingerprint density at radius 3 is 2.30 bits per heavy atom. The smallest absolute Gasteiger partial charge is 0.161 e. The van der Waals surface area contributed by atoms with E-state index in [0.717, 1.165) is 31.0 Å². The number of hydrogen-bond acceptors (Lipinski definition) is 4. The number of ether oxygens (including phenoxy) is 3. The van der Waals surface area contributed by atoms with Gasteiger partial charge in [0.05, 0.1) is 33.0 Å². The van der Waals surface area contributed by atoms with Crippen molar-refractivity contribution < 1.29 is 24.2 Å². The number of rotatable bonds is 6. The molecular formula is C18H30NO4+. The van der Waals surface area contributed by atoms with Crippen molar-refractivity contribution in [2.75, 3.05) is 33.9 Å². The Morgan fingerprint density at radius 2 is 1.74 bits per heavy atom. The minimum atomic E-state index is -0.439. The van der Waals surface area contributed by atoms with E-state index in [-0.39, 0.29) is 5.60 Å². The first-order valence-corrected chi connectivity index (χ1v) is 8.21. The standard InChI is InChI=1S/C18H29NO4/c1-18(2,3)23-12-15(20)11-19-7-6-13-8-16(21-4)17(22-5)9-14(13)10-19/h8-9,15,20H,6-7,10-12H2,1-5H3/p+1/t15-/m0/s1. The van der Waals surface area contributed by atoms with Crippen LogP contribution < -0.4 is 14.4 Å². The van der Waals surface area contributed by atoms with Gasteiger partial charge in [-0.1, -0.05) is 0 Å². The zero-order valence-electron chi connectivity index (χ0n) is 14.9. The predicted molar refractivity (Wildman–Crippen MR) is 89.4 cm³/mol. The molecule has 0 aromatic heterocycles. The molecule has 0 saturated carbocycles. The van der Waals surface area contributed by atoms with E-state index in [9.17, 15) is 5.11 Å². The lowest BCUT2D eigenvalue weighted by Gasteiger charge is -2.29. The molecule has 0 radical (unpaired) electrons. The molecule has 0 bridgehead atoms. The van der Waals surface area contributed by atoms with Gasteiger partial charge in [0, 0.05) is 12.0 Å². The number of quaternary nitrogens is 1. The summed E-state index contributed by atoms with van der Waals surface area (Å²) in [6.45, 7) is 8.99. The fourth-order valence-corrected chi connectivity index (χ4v) is 2.94. The lowest BCUT2D eigenvalue weighted by Crippen LogP contribution is -3.13. The van der Waals surface area contributed by atoms with Gasteiger partial charge in [0.15, 0.2) is 11.5 Å². The number of aliphatic hydroxyl groups excluding tert-OH is 1. The van der Waals surface area contributed by atoms with Gasteiger partial charge in [-0.25, -0.2) is 0 Å². The Labute approximate surface area is 139 Å². The van der Waals surface area contributed by atoms with Gasteiger partial charge < -0.3 is 24.2 Å². The van der Waals surface area contributed by atoms with Crippen molar-refractivity contribution in [3.05, 3.63) is 23.3 Å². The highest BCUT2D eigenvalue weighted by Crippen LogP contribution is 2.31. The van der Waals surface area contributed by atoms with Crippen LogP contribution in [-0.2, 0) is 17.7 Å². The van der Waals surface area contributed by atoms with Crippen LogP contribution in [0.15, 0.2) is 12.1 Å². The monoisotopic (exact) mass is 324 g/mol. The molecule has 5 heteroatoms. The second-order valence-corrected chi connectivity index (χ2v) is 7.18. The maximum atomic E-state index is 10.2. The molecule has 1 aromatic rings. The Morgan fingerprint density at radius 1 is 1.13 bits per heavy atom. The number of aliphatic hydroxyl groups is 1. The molecule has 1 unspecified atom stereocenters. The molecule has 1 aliphatic rings. The molecule has 5 nitrogen and oxygen atoms in total. The summed E-state index contributed by atoms with van der Waals surface area (Å²) in [5, 5.41) is 10.2. The molecule has 0 saturated heterocycles. The summed E-state index contributed by atoms with van der Waals surface area (Å²) in [7, 11) is 3.32. The predicted octanol–water partition coefficient (Wildman–Crippen LogP) is 0.821. The average molecular weight is 324 g/mol. The third-order valence-corrected chi connectivity index (χ3v) is 4.13. The third kappa shape index (κ3) is 5.09. The maximum absolute atomic E-state index is 10.2. The minimum absolute atomic E-state index is 0.214. The Kier molecular flexibility index (Phi) is 5.89. The summed E-state index contributed by atoms with van der Waals surface area (Å²) in [4.78, 5) is 1.37. The third-order valence-electron chi connectivity index (χ3n) is 4.13. The van der Waals surface area contributed by atoms with Gasteiger partial charge in [0.1, 0.15) is 19.2 Å². The topological polar surface area (TPSA) is 52.4 Å². The van der Waals surface area contributed by atoms with Crippen LogP contribution in [0, 0.1) is 0 Å². The van der Waals surface area contributed by atoms with Crippen LogP contribution in [0.5, 0.6) is 11.5 Å². The van der Waals surface area contributed by atoms with Gasteiger partial charge >= 0.3 is 0 Å². The van der Waals surface area contributed by atoms with Crippen molar-refractivity contribution in [3.8, 4) is 11.5 Å². The normalized spacial score (nSPS) is 19.1. The molecule has 0 spiro atoms. The van der Waals surface area contributed by atoms with Crippen LogP contribution in [0.2, 0.25) is 0 Å². The van der Waals surface area contributed by atoms with Gasteiger partial charge in [-0.05, 0) is 38.5 Å². The second-order valence-electron chi connectivity index (χ2n) is 7.18. The van der Waals surface area contributed by atoms with Crippen molar-refractivity contribution in [1.29, 1.82) is 0 Å². The molecule has 1 aliphatic heterocycles. The van der Waals surface area contributed by atoms with Crippen LogP contribution in [0.4, 0.5) is 0 Å². The fraction of sp³-hybridized carbons (Fsp3) is 0.667. The first-order chi connectivity index (χ1) is 10.8. The average Bonchev–Trinajstić information content (AvgIpc) is 2.50. The maximum Gasteiger partial charge on any atom is 0.161 e. The molecule has 2 N–H and O–H groups in total. The van der Waals surface area contributed by atoms with E-state index < -0.39 is 6.10 Å². The van der Waals surface area contributed by atoms with Crippen molar-refractivity contribution in [3.63, 3.8) is 0 Å². The molecule has 0 amide bonds. The summed E-state index contributed by atoms with van der Waals surface area (Å²) >= 11 is 0. The van der Waals surface area contributed by atoms with Gasteiger partial charge in [-0.15, -0.1) is 0 Å². The van der Waals surface area contributed by atoms with E-state index in [2.05, 4.69) is 12.1 Å². The SMILES string of the molecule is COc1cc2c(cc1OC)C[NH+](C[C@H](O)COC(C)(C)C)CC2. The number of methoxy groups -OCH3 is 2. The van der Waals surface area contributed by atoms with Gasteiger partial charge in [0.2, 0.25) is 0 Å². The zero-order valence-corrected chi connectivity index (χ0v) is 14.9. The Bertz CT molecular complexity index is 524. The fourth-order valence-electron chi connectivity index (χ4n) is 2.94. The number of benzene rings is 1. The lowest BCUT2D eigenvalue weighted by molar-refractivity contribution is -0.919. The Hall–Kier alpha value is -1.30. The molecule has 1 aromatic carbocycles. The van der Waals surface area contributed by atoms with E-state index in [1.807, 2.05) is 20.8 Å². The van der Waals surface area contributed by atoms with Crippen LogP contribution >= 0.6 is 0 Å². The molecule has 1 heterocycles. The zero-order chi connectivity index (χ0) is 17.0. The largest absolute Gasteiger partial charge is 0.493 e. The number of nitrogens with one attached hydrogen (secondary N) is 1. The van der Waals surface area contributed by atoms with Crippen molar-refractivity contribution >= 4 is 0 Å². The number of fused-ring (bicyclic) bond motifs is 1. The highest BCUT2D eigenvalue weighted by atomic mass is 16.5. The quantitative estimate of drug-likeness (QED) is 0.813.